The van der Waals surface area contributed by atoms with Crippen LogP contribution in [0.1, 0.15) is 31.7 Å². The lowest BCUT2D eigenvalue weighted by Crippen LogP contribution is -2.27. The Balaban J connectivity index is 1.69. The van der Waals surface area contributed by atoms with Gasteiger partial charge in [-0.2, -0.15) is 5.26 Å². The van der Waals surface area contributed by atoms with Crippen LogP contribution in [-0.2, 0) is 4.79 Å². The third-order valence-electron chi connectivity index (χ3n) is 3.70. The minimum atomic E-state index is 0.273. The van der Waals surface area contributed by atoms with Crippen LogP contribution in [0.4, 0.5) is 0 Å². The third-order valence-corrected chi connectivity index (χ3v) is 3.70. The summed E-state index contributed by atoms with van der Waals surface area (Å²) in [6.45, 7) is 4.39. The molecule has 1 atom stereocenters. The van der Waals surface area contributed by atoms with Gasteiger partial charge in [0, 0.05) is 19.5 Å². The molecule has 0 spiro atoms. The van der Waals surface area contributed by atoms with Crippen molar-refractivity contribution in [2.45, 2.75) is 26.2 Å². The Morgan fingerprint density at radius 3 is 2.75 bits per heavy atom. The van der Waals surface area contributed by atoms with Gasteiger partial charge >= 0.3 is 0 Å². The number of ether oxygens (including phenoxy) is 1. The molecule has 1 aliphatic heterocycles. The van der Waals surface area contributed by atoms with Crippen LogP contribution in [-0.4, -0.2) is 30.5 Å². The van der Waals surface area contributed by atoms with E-state index in [2.05, 4.69) is 13.0 Å². The molecule has 0 radical (unpaired) electrons. The fourth-order valence-corrected chi connectivity index (χ4v) is 2.41. The molecule has 1 saturated heterocycles. The van der Waals surface area contributed by atoms with Gasteiger partial charge in [-0.15, -0.1) is 0 Å². The quantitative estimate of drug-likeness (QED) is 0.748. The van der Waals surface area contributed by atoms with Gasteiger partial charge in [-0.25, -0.2) is 0 Å². The second-order valence-corrected chi connectivity index (χ2v) is 5.16. The first kappa shape index (κ1) is 14.4. The zero-order valence-corrected chi connectivity index (χ0v) is 11.8. The Morgan fingerprint density at radius 1 is 1.40 bits per heavy atom. The first-order valence-electron chi connectivity index (χ1n) is 7.13. The van der Waals surface area contributed by atoms with Crippen molar-refractivity contribution in [3.63, 3.8) is 0 Å². The molecular formula is C16H20N2O2. The Bertz CT molecular complexity index is 490. The highest BCUT2D eigenvalue weighted by atomic mass is 16.5. The zero-order chi connectivity index (χ0) is 14.4. The lowest BCUT2D eigenvalue weighted by atomic mass is 10.1. The molecule has 1 aliphatic rings. The number of carbonyl (C=O) groups excluding carboxylic acids is 1. The number of rotatable bonds is 6. The van der Waals surface area contributed by atoms with Gasteiger partial charge in [-0.05, 0) is 36.6 Å². The summed E-state index contributed by atoms with van der Waals surface area (Å²) < 4.78 is 5.61. The van der Waals surface area contributed by atoms with Crippen molar-refractivity contribution >= 4 is 5.91 Å². The summed E-state index contributed by atoms with van der Waals surface area (Å²) in [5, 5.41) is 8.70. The maximum absolute atomic E-state index is 11.7. The van der Waals surface area contributed by atoms with E-state index in [0.29, 0.717) is 24.5 Å². The van der Waals surface area contributed by atoms with Gasteiger partial charge in [0.2, 0.25) is 5.91 Å². The number of nitriles is 1. The highest BCUT2D eigenvalue weighted by Gasteiger charge is 2.27. The third kappa shape index (κ3) is 3.74. The molecule has 0 saturated carbocycles. The number of carbonyl (C=O) groups is 1. The van der Waals surface area contributed by atoms with Gasteiger partial charge in [-0.1, -0.05) is 13.3 Å². The minimum Gasteiger partial charge on any atom is -0.494 e. The Labute approximate surface area is 120 Å². The molecular weight excluding hydrogens is 252 g/mol. The number of benzene rings is 1. The summed E-state index contributed by atoms with van der Waals surface area (Å²) in [6.07, 6.45) is 2.61. The van der Waals surface area contributed by atoms with Crippen LogP contribution in [0.2, 0.25) is 0 Å². The van der Waals surface area contributed by atoms with Gasteiger partial charge < -0.3 is 9.64 Å². The van der Waals surface area contributed by atoms with Gasteiger partial charge in [0.25, 0.3) is 0 Å². The molecule has 4 heteroatoms. The number of hydrogen-bond acceptors (Lipinski definition) is 3. The van der Waals surface area contributed by atoms with E-state index in [1.165, 1.54) is 0 Å². The number of amides is 1. The summed E-state index contributed by atoms with van der Waals surface area (Å²) in [5.41, 5.74) is 0.630. The monoisotopic (exact) mass is 272 g/mol. The second-order valence-electron chi connectivity index (χ2n) is 5.16. The largest absolute Gasteiger partial charge is 0.494 e. The van der Waals surface area contributed by atoms with Crippen LogP contribution in [0.3, 0.4) is 0 Å². The molecule has 20 heavy (non-hydrogen) atoms. The van der Waals surface area contributed by atoms with Crippen molar-refractivity contribution < 1.29 is 9.53 Å². The maximum Gasteiger partial charge on any atom is 0.222 e. The van der Waals surface area contributed by atoms with E-state index in [-0.39, 0.29) is 5.91 Å². The lowest BCUT2D eigenvalue weighted by molar-refractivity contribution is -0.127. The molecule has 1 aromatic carbocycles. The average Bonchev–Trinajstić information content (AvgIpc) is 2.85. The Kier molecular flexibility index (Phi) is 5.00. The minimum absolute atomic E-state index is 0.273. The average molecular weight is 272 g/mol. The molecule has 2 rings (SSSR count). The normalized spacial score (nSPS) is 18.1. The molecule has 0 aliphatic carbocycles. The topological polar surface area (TPSA) is 53.3 Å². The van der Waals surface area contributed by atoms with Crippen molar-refractivity contribution in [2.75, 3.05) is 19.7 Å². The number of hydrogen-bond donors (Lipinski definition) is 0. The van der Waals surface area contributed by atoms with Crippen molar-refractivity contribution in [1.29, 1.82) is 5.26 Å². The van der Waals surface area contributed by atoms with Gasteiger partial charge in [-0.3, -0.25) is 4.79 Å². The summed E-state index contributed by atoms with van der Waals surface area (Å²) >= 11 is 0. The molecule has 1 unspecified atom stereocenters. The van der Waals surface area contributed by atoms with Crippen LogP contribution in [0.15, 0.2) is 24.3 Å². The summed E-state index contributed by atoms with van der Waals surface area (Å²) in [5.74, 6) is 1.57. The van der Waals surface area contributed by atoms with E-state index in [4.69, 9.17) is 10.00 Å². The fourth-order valence-electron chi connectivity index (χ4n) is 2.41. The van der Waals surface area contributed by atoms with Gasteiger partial charge in [0.15, 0.2) is 0 Å². The second kappa shape index (κ2) is 6.95. The molecule has 1 fully saturated rings. The molecule has 1 heterocycles. The molecule has 4 nitrogen and oxygen atoms in total. The first-order valence-corrected chi connectivity index (χ1v) is 7.13. The maximum atomic E-state index is 11.7. The van der Waals surface area contributed by atoms with E-state index < -0.39 is 0 Å². The molecule has 1 aromatic rings. The van der Waals surface area contributed by atoms with Crippen LogP contribution in [0, 0.1) is 17.2 Å². The molecule has 0 N–H and O–H groups in total. The van der Waals surface area contributed by atoms with Crippen molar-refractivity contribution in [3.05, 3.63) is 29.8 Å². The molecule has 106 valence electrons. The van der Waals surface area contributed by atoms with Crippen molar-refractivity contribution in [2.24, 2.45) is 5.92 Å². The summed E-state index contributed by atoms with van der Waals surface area (Å²) in [6, 6.07) is 9.15. The fraction of sp³-hybridized carbons (Fsp3) is 0.500. The Morgan fingerprint density at radius 2 is 2.15 bits per heavy atom. The smallest absolute Gasteiger partial charge is 0.222 e. The van der Waals surface area contributed by atoms with E-state index in [1.54, 1.807) is 24.3 Å². The van der Waals surface area contributed by atoms with Crippen molar-refractivity contribution in [1.82, 2.24) is 4.90 Å². The van der Waals surface area contributed by atoms with E-state index in [0.717, 1.165) is 31.7 Å². The van der Waals surface area contributed by atoms with Crippen LogP contribution in [0.25, 0.3) is 0 Å². The highest BCUT2D eigenvalue weighted by Crippen LogP contribution is 2.20. The van der Waals surface area contributed by atoms with Gasteiger partial charge in [0.1, 0.15) is 5.75 Å². The molecule has 0 bridgehead atoms. The standard InChI is InChI=1S/C16H20N2O2/c1-2-13-10-16(19)18(12-13)8-3-9-20-15-6-4-14(11-17)5-7-15/h4-7,13H,2-3,8-10,12H2,1H3. The van der Waals surface area contributed by atoms with Gasteiger partial charge in [0.05, 0.1) is 18.2 Å². The van der Waals surface area contributed by atoms with Crippen LogP contribution >= 0.6 is 0 Å². The highest BCUT2D eigenvalue weighted by molar-refractivity contribution is 5.78. The van der Waals surface area contributed by atoms with E-state index in [1.807, 2.05) is 4.90 Å². The molecule has 1 amide bonds. The van der Waals surface area contributed by atoms with Crippen LogP contribution < -0.4 is 4.74 Å². The first-order chi connectivity index (χ1) is 9.72. The van der Waals surface area contributed by atoms with E-state index in [9.17, 15) is 4.79 Å². The Hall–Kier alpha value is -2.02. The van der Waals surface area contributed by atoms with Crippen LogP contribution in [0.5, 0.6) is 5.75 Å². The van der Waals surface area contributed by atoms with E-state index >= 15 is 0 Å². The SMILES string of the molecule is CCC1CC(=O)N(CCCOc2ccc(C#N)cc2)C1. The number of likely N-dealkylation sites (tertiary alicyclic amines) is 1. The lowest BCUT2D eigenvalue weighted by Gasteiger charge is -2.16. The predicted octanol–water partition coefficient (Wildman–Crippen LogP) is 2.59. The summed E-state index contributed by atoms with van der Waals surface area (Å²) in [7, 11) is 0. The summed E-state index contributed by atoms with van der Waals surface area (Å²) in [4.78, 5) is 13.7. The zero-order valence-electron chi connectivity index (χ0n) is 11.8. The predicted molar refractivity (Wildman–Crippen MR) is 76.2 cm³/mol. The van der Waals surface area contributed by atoms with Crippen molar-refractivity contribution in [3.8, 4) is 11.8 Å². The molecule has 0 aromatic heterocycles. The number of nitrogens with zero attached hydrogens (tertiary/aromatic N) is 2.